The van der Waals surface area contributed by atoms with Gasteiger partial charge in [-0.05, 0) is 32.6 Å². The maximum atomic E-state index is 12.4. The smallest absolute Gasteiger partial charge is 0.317 e. The molecule has 1 N–H and O–H groups in total. The number of hydrogen-bond donors (Lipinski definition) is 1. The summed E-state index contributed by atoms with van der Waals surface area (Å²) in [5.41, 5.74) is -0.0206. The second-order valence-corrected chi connectivity index (χ2v) is 7.80. The number of carbonyl (C=O) groups excluding carboxylic acids is 1. The summed E-state index contributed by atoms with van der Waals surface area (Å²) in [5.74, 6) is 0.935. The highest BCUT2D eigenvalue weighted by Crippen LogP contribution is 2.29. The van der Waals surface area contributed by atoms with Crippen LogP contribution in [0.25, 0.3) is 0 Å². The highest BCUT2D eigenvalue weighted by Gasteiger charge is 2.30. The van der Waals surface area contributed by atoms with E-state index in [2.05, 4.69) is 29.0 Å². The lowest BCUT2D eigenvalue weighted by Gasteiger charge is -2.41. The van der Waals surface area contributed by atoms with Crippen LogP contribution in [0.1, 0.15) is 26.7 Å². The Bertz CT molecular complexity index is 397. The zero-order valence-corrected chi connectivity index (χ0v) is 14.7. The third-order valence-electron chi connectivity index (χ3n) is 5.41. The van der Waals surface area contributed by atoms with E-state index < -0.39 is 0 Å². The molecule has 1 aliphatic carbocycles. The van der Waals surface area contributed by atoms with Gasteiger partial charge in [0.25, 0.3) is 0 Å². The molecule has 0 aromatic heterocycles. The van der Waals surface area contributed by atoms with Gasteiger partial charge in [-0.25, -0.2) is 4.79 Å². The van der Waals surface area contributed by atoms with Crippen LogP contribution in [0.2, 0.25) is 0 Å². The van der Waals surface area contributed by atoms with Gasteiger partial charge in [0.1, 0.15) is 0 Å². The van der Waals surface area contributed by atoms with E-state index in [1.54, 1.807) is 0 Å². The van der Waals surface area contributed by atoms with Crippen molar-refractivity contribution in [1.29, 1.82) is 0 Å². The van der Waals surface area contributed by atoms with Crippen LogP contribution in [0.3, 0.4) is 0 Å². The quantitative estimate of drug-likeness (QED) is 0.814. The molecular formula is C17H32N4O2. The van der Waals surface area contributed by atoms with Crippen LogP contribution in [-0.4, -0.2) is 91.8 Å². The molecule has 3 rings (SSSR count). The maximum absolute atomic E-state index is 12.4. The summed E-state index contributed by atoms with van der Waals surface area (Å²) in [6.45, 7) is 13.6. The Balaban J connectivity index is 1.38. The lowest BCUT2D eigenvalue weighted by Crippen LogP contribution is -2.58. The van der Waals surface area contributed by atoms with Crippen LogP contribution in [-0.2, 0) is 4.74 Å². The fourth-order valence-corrected chi connectivity index (χ4v) is 3.48. The molecule has 0 atom stereocenters. The Morgan fingerprint density at radius 2 is 1.74 bits per heavy atom. The minimum Gasteiger partial charge on any atom is -0.379 e. The van der Waals surface area contributed by atoms with E-state index >= 15 is 0 Å². The van der Waals surface area contributed by atoms with Crippen molar-refractivity contribution in [3.63, 3.8) is 0 Å². The fourth-order valence-electron chi connectivity index (χ4n) is 3.48. The molecule has 2 saturated heterocycles. The molecule has 6 nitrogen and oxygen atoms in total. The van der Waals surface area contributed by atoms with Crippen molar-refractivity contribution in [1.82, 2.24) is 20.0 Å². The molecule has 2 amide bonds. The van der Waals surface area contributed by atoms with Crippen LogP contribution < -0.4 is 5.32 Å². The summed E-state index contributed by atoms with van der Waals surface area (Å²) in [5, 5.41) is 3.14. The number of amides is 2. The van der Waals surface area contributed by atoms with Crippen molar-refractivity contribution in [2.45, 2.75) is 32.2 Å². The number of morpholine rings is 1. The molecule has 0 unspecified atom stereocenters. The van der Waals surface area contributed by atoms with Gasteiger partial charge in [-0.1, -0.05) is 0 Å². The topological polar surface area (TPSA) is 48.1 Å². The van der Waals surface area contributed by atoms with Gasteiger partial charge in [-0.3, -0.25) is 9.80 Å². The molecule has 0 spiro atoms. The van der Waals surface area contributed by atoms with Gasteiger partial charge < -0.3 is 15.0 Å². The first-order valence-corrected chi connectivity index (χ1v) is 9.12. The number of rotatable bonds is 5. The van der Waals surface area contributed by atoms with E-state index in [4.69, 9.17) is 4.74 Å². The van der Waals surface area contributed by atoms with E-state index in [1.165, 1.54) is 19.4 Å². The van der Waals surface area contributed by atoms with Gasteiger partial charge in [0.2, 0.25) is 0 Å². The Morgan fingerprint density at radius 1 is 1.09 bits per heavy atom. The van der Waals surface area contributed by atoms with Crippen molar-refractivity contribution in [3.8, 4) is 0 Å². The molecule has 3 aliphatic rings. The summed E-state index contributed by atoms with van der Waals surface area (Å²) in [6.07, 6.45) is 2.80. The van der Waals surface area contributed by atoms with E-state index in [0.717, 1.165) is 58.4 Å². The highest BCUT2D eigenvalue weighted by atomic mass is 16.5. The number of hydrogen-bond acceptors (Lipinski definition) is 4. The van der Waals surface area contributed by atoms with Crippen molar-refractivity contribution < 1.29 is 9.53 Å². The Kier molecular flexibility index (Phi) is 5.44. The predicted molar refractivity (Wildman–Crippen MR) is 90.6 cm³/mol. The number of nitrogens with one attached hydrogen (secondary N) is 1. The molecule has 23 heavy (non-hydrogen) atoms. The third-order valence-corrected chi connectivity index (χ3v) is 5.41. The molecular weight excluding hydrogens is 292 g/mol. The molecule has 0 aromatic rings. The van der Waals surface area contributed by atoms with Gasteiger partial charge >= 0.3 is 6.03 Å². The number of ether oxygens (including phenoxy) is 1. The predicted octanol–water partition coefficient (Wildman–Crippen LogP) is 0.834. The largest absolute Gasteiger partial charge is 0.379 e. The number of carbonyl (C=O) groups is 1. The molecule has 0 radical (unpaired) electrons. The summed E-state index contributed by atoms with van der Waals surface area (Å²) in [6, 6.07) is 0.0948. The highest BCUT2D eigenvalue weighted by molar-refractivity contribution is 5.74. The van der Waals surface area contributed by atoms with Gasteiger partial charge in [0.05, 0.1) is 13.2 Å². The molecule has 132 valence electrons. The van der Waals surface area contributed by atoms with Crippen LogP contribution in [0.4, 0.5) is 4.79 Å². The van der Waals surface area contributed by atoms with Gasteiger partial charge in [-0.15, -0.1) is 0 Å². The zero-order valence-electron chi connectivity index (χ0n) is 14.7. The maximum Gasteiger partial charge on any atom is 0.317 e. The van der Waals surface area contributed by atoms with Gasteiger partial charge in [-0.2, -0.15) is 0 Å². The average Bonchev–Trinajstić information content (AvgIpc) is 3.38. The average molecular weight is 324 g/mol. The molecule has 0 bridgehead atoms. The first kappa shape index (κ1) is 17.0. The SMILES string of the molecule is CC(C)(CNC(=O)N1CCN(CC2CC2)CC1)N1CCOCC1. The lowest BCUT2D eigenvalue weighted by atomic mass is 10.0. The minimum absolute atomic E-state index is 0.0206. The van der Waals surface area contributed by atoms with E-state index in [-0.39, 0.29) is 11.6 Å². The van der Waals surface area contributed by atoms with Gasteiger partial charge in [0, 0.05) is 57.9 Å². The Morgan fingerprint density at radius 3 is 2.35 bits per heavy atom. The molecule has 3 fully saturated rings. The second kappa shape index (κ2) is 7.36. The second-order valence-electron chi connectivity index (χ2n) is 7.80. The summed E-state index contributed by atoms with van der Waals surface area (Å²) in [7, 11) is 0. The van der Waals surface area contributed by atoms with Crippen molar-refractivity contribution in [2.75, 3.05) is 65.6 Å². The summed E-state index contributed by atoms with van der Waals surface area (Å²) >= 11 is 0. The molecule has 2 heterocycles. The number of urea groups is 1. The van der Waals surface area contributed by atoms with E-state index in [0.29, 0.717) is 6.54 Å². The first-order chi connectivity index (χ1) is 11.0. The van der Waals surface area contributed by atoms with Gasteiger partial charge in [0.15, 0.2) is 0 Å². The first-order valence-electron chi connectivity index (χ1n) is 9.12. The fraction of sp³-hybridized carbons (Fsp3) is 0.941. The van der Waals surface area contributed by atoms with Crippen LogP contribution in [0, 0.1) is 5.92 Å². The lowest BCUT2D eigenvalue weighted by molar-refractivity contribution is -0.00917. The van der Waals surface area contributed by atoms with Crippen molar-refractivity contribution in [2.24, 2.45) is 5.92 Å². The summed E-state index contributed by atoms with van der Waals surface area (Å²) < 4.78 is 5.42. The molecule has 2 aliphatic heterocycles. The van der Waals surface area contributed by atoms with Crippen LogP contribution in [0.5, 0.6) is 0 Å². The van der Waals surface area contributed by atoms with E-state index in [1.807, 2.05) is 4.90 Å². The monoisotopic (exact) mass is 324 g/mol. The van der Waals surface area contributed by atoms with Crippen LogP contribution >= 0.6 is 0 Å². The van der Waals surface area contributed by atoms with E-state index in [9.17, 15) is 4.79 Å². The van der Waals surface area contributed by atoms with Crippen molar-refractivity contribution in [3.05, 3.63) is 0 Å². The van der Waals surface area contributed by atoms with Crippen LogP contribution in [0.15, 0.2) is 0 Å². The molecule has 0 aromatic carbocycles. The minimum atomic E-state index is -0.0206. The normalized spacial score (nSPS) is 24.7. The molecule has 1 saturated carbocycles. The zero-order chi connectivity index (χ0) is 16.3. The summed E-state index contributed by atoms with van der Waals surface area (Å²) in [4.78, 5) is 19.3. The number of piperazine rings is 1. The Hall–Kier alpha value is -0.850. The standard InChI is InChI=1S/C17H32N4O2/c1-17(2,21-9-11-23-12-10-21)14-18-16(22)20-7-5-19(6-8-20)13-15-3-4-15/h15H,3-14H2,1-2H3,(H,18,22). The van der Waals surface area contributed by atoms with Crippen molar-refractivity contribution >= 4 is 6.03 Å². The number of nitrogens with zero attached hydrogens (tertiary/aromatic N) is 3. The molecule has 6 heteroatoms. The third kappa shape index (κ3) is 4.81. The Labute approximate surface area is 140 Å².